The molecule has 1 spiro atoms. The molecule has 170 valence electrons. The number of hydrogen-bond donors (Lipinski definition) is 1. The van der Waals surface area contributed by atoms with Gasteiger partial charge in [-0.15, -0.1) is 0 Å². The number of halogens is 3. The molecule has 5 rings (SSSR count). The van der Waals surface area contributed by atoms with Crippen LogP contribution in [0.25, 0.3) is 0 Å². The summed E-state index contributed by atoms with van der Waals surface area (Å²) in [6.45, 7) is 1.45. The van der Waals surface area contributed by atoms with E-state index in [-0.39, 0.29) is 36.1 Å². The van der Waals surface area contributed by atoms with Crippen molar-refractivity contribution in [3.05, 3.63) is 12.2 Å². The number of carbonyl (C=O) groups is 2. The van der Waals surface area contributed by atoms with E-state index in [9.17, 15) is 22.8 Å². The van der Waals surface area contributed by atoms with Crippen molar-refractivity contribution in [3.63, 3.8) is 0 Å². The third kappa shape index (κ3) is 4.21. The summed E-state index contributed by atoms with van der Waals surface area (Å²) in [4.78, 5) is 32.0. The molecule has 1 N–H and O–H groups in total. The third-order valence-electron chi connectivity index (χ3n) is 6.76. The van der Waals surface area contributed by atoms with Crippen LogP contribution in [0.2, 0.25) is 0 Å². The van der Waals surface area contributed by atoms with Crippen molar-refractivity contribution in [1.82, 2.24) is 29.9 Å². The van der Waals surface area contributed by atoms with Gasteiger partial charge in [0, 0.05) is 38.0 Å². The minimum absolute atomic E-state index is 0.0000853. The van der Waals surface area contributed by atoms with Crippen LogP contribution in [0.4, 0.5) is 18.0 Å². The minimum Gasteiger partial charge on any atom is -0.366 e. The molecular weight excluding hydrogens is 417 g/mol. The Morgan fingerprint density at radius 3 is 2.81 bits per heavy atom. The maximum atomic E-state index is 12.8. The molecule has 4 fully saturated rings. The third-order valence-corrected chi connectivity index (χ3v) is 6.76. The molecule has 31 heavy (non-hydrogen) atoms. The van der Waals surface area contributed by atoms with Crippen molar-refractivity contribution in [2.24, 2.45) is 11.3 Å². The quantitative estimate of drug-likeness (QED) is 0.748. The second-order valence-electron chi connectivity index (χ2n) is 9.35. The number of urea groups is 1. The molecule has 0 bridgehead atoms. The van der Waals surface area contributed by atoms with Crippen LogP contribution in [-0.4, -0.2) is 87.6 Å². The maximum Gasteiger partial charge on any atom is 0.408 e. The lowest BCUT2D eigenvalue weighted by molar-refractivity contribution is -0.142. The van der Waals surface area contributed by atoms with Gasteiger partial charge in [0.2, 0.25) is 5.91 Å². The molecule has 4 heterocycles. The van der Waals surface area contributed by atoms with E-state index in [0.29, 0.717) is 50.8 Å². The summed E-state index contributed by atoms with van der Waals surface area (Å²) >= 11 is 0. The molecule has 1 aromatic heterocycles. The van der Waals surface area contributed by atoms with Gasteiger partial charge in [-0.3, -0.25) is 4.79 Å². The number of ether oxygens (including phenoxy) is 1. The van der Waals surface area contributed by atoms with E-state index in [1.807, 2.05) is 4.90 Å². The smallest absolute Gasteiger partial charge is 0.366 e. The van der Waals surface area contributed by atoms with Crippen LogP contribution in [0.5, 0.6) is 0 Å². The zero-order valence-electron chi connectivity index (χ0n) is 17.0. The maximum absolute atomic E-state index is 12.8. The summed E-state index contributed by atoms with van der Waals surface area (Å²) in [7, 11) is 0. The van der Waals surface area contributed by atoms with Gasteiger partial charge in [0.1, 0.15) is 19.5 Å². The number of piperidine rings is 1. The number of likely N-dealkylation sites (tertiary alicyclic amines) is 2. The zero-order valence-corrected chi connectivity index (χ0v) is 17.0. The van der Waals surface area contributed by atoms with E-state index in [2.05, 4.69) is 15.4 Å². The first-order valence-electron chi connectivity index (χ1n) is 10.6. The summed E-state index contributed by atoms with van der Waals surface area (Å²) in [6.07, 6.45) is -0.0629. The molecule has 3 aliphatic heterocycles. The Balaban J connectivity index is 1.07. The van der Waals surface area contributed by atoms with Gasteiger partial charge in [-0.1, -0.05) is 0 Å². The lowest BCUT2D eigenvalue weighted by Gasteiger charge is -2.59. The Kier molecular flexibility index (Phi) is 4.87. The van der Waals surface area contributed by atoms with E-state index < -0.39 is 12.7 Å². The molecule has 2 atom stereocenters. The number of morpholine rings is 1. The predicted molar refractivity (Wildman–Crippen MR) is 99.8 cm³/mol. The number of alkyl halides is 3. The molecule has 0 aromatic carbocycles. The van der Waals surface area contributed by atoms with Crippen LogP contribution in [0.3, 0.4) is 0 Å². The average Bonchev–Trinajstić information content (AvgIpc) is 3.06. The van der Waals surface area contributed by atoms with Crippen LogP contribution in [0.15, 0.2) is 6.33 Å². The van der Waals surface area contributed by atoms with Crippen molar-refractivity contribution < 1.29 is 27.5 Å². The van der Waals surface area contributed by atoms with Gasteiger partial charge in [0.15, 0.2) is 5.82 Å². The first-order chi connectivity index (χ1) is 14.7. The van der Waals surface area contributed by atoms with Gasteiger partial charge >= 0.3 is 12.2 Å². The molecule has 12 heteroatoms. The summed E-state index contributed by atoms with van der Waals surface area (Å²) in [6, 6.07) is -0.146. The topological polar surface area (TPSA) is 92.6 Å². The van der Waals surface area contributed by atoms with Crippen molar-refractivity contribution >= 4 is 11.9 Å². The average molecular weight is 442 g/mol. The fourth-order valence-electron chi connectivity index (χ4n) is 5.48. The number of nitrogens with zero attached hydrogens (tertiary/aromatic N) is 5. The fourth-order valence-corrected chi connectivity index (χ4v) is 5.48. The van der Waals surface area contributed by atoms with Crippen molar-refractivity contribution in [3.8, 4) is 0 Å². The Morgan fingerprint density at radius 1 is 1.29 bits per heavy atom. The number of fused-ring (bicyclic) bond motifs is 1. The highest BCUT2D eigenvalue weighted by Crippen LogP contribution is 2.52. The van der Waals surface area contributed by atoms with Crippen LogP contribution in [0, 0.1) is 11.3 Å². The molecule has 3 saturated heterocycles. The van der Waals surface area contributed by atoms with Gasteiger partial charge in [0.05, 0.1) is 12.1 Å². The van der Waals surface area contributed by atoms with Gasteiger partial charge in [-0.25, -0.2) is 14.5 Å². The van der Waals surface area contributed by atoms with E-state index in [4.69, 9.17) is 4.74 Å². The molecule has 9 nitrogen and oxygen atoms in total. The molecular formula is C19H25F3N6O3. The lowest BCUT2D eigenvalue weighted by atomic mass is 9.57. The largest absolute Gasteiger partial charge is 0.408 e. The molecule has 3 amide bonds. The highest BCUT2D eigenvalue weighted by Gasteiger charge is 2.54. The van der Waals surface area contributed by atoms with E-state index in [0.717, 1.165) is 23.9 Å². The Morgan fingerprint density at radius 2 is 2.06 bits per heavy atom. The number of hydrogen-bond acceptors (Lipinski definition) is 5. The highest BCUT2D eigenvalue weighted by molar-refractivity contribution is 5.79. The summed E-state index contributed by atoms with van der Waals surface area (Å²) < 4.78 is 43.7. The standard InChI is InChI=1S/C19H25F3N6O3/c20-19(21,22)10-28-11-23-15(25-28)3-12-4-18(5-12)8-27(9-18)17(30)26-2-1-14-13(6-26)24-16(29)7-31-14/h11-14H,1-10H2,(H,24,29)/t13-,14+/m1/s1. The summed E-state index contributed by atoms with van der Waals surface area (Å²) in [5.74, 6) is 0.636. The number of amides is 3. The molecule has 1 saturated carbocycles. The normalized spacial score (nSPS) is 28.0. The molecule has 1 aromatic rings. The van der Waals surface area contributed by atoms with E-state index in [1.54, 1.807) is 4.90 Å². The Labute approximate surface area is 176 Å². The van der Waals surface area contributed by atoms with Crippen LogP contribution in [-0.2, 0) is 22.5 Å². The highest BCUT2D eigenvalue weighted by atomic mass is 19.4. The van der Waals surface area contributed by atoms with E-state index >= 15 is 0 Å². The summed E-state index contributed by atoms with van der Waals surface area (Å²) in [5.41, 5.74) is 0.120. The molecule has 0 unspecified atom stereocenters. The number of carbonyl (C=O) groups excluding carboxylic acids is 2. The number of rotatable bonds is 3. The van der Waals surface area contributed by atoms with Crippen LogP contribution < -0.4 is 5.32 Å². The lowest BCUT2D eigenvalue weighted by Crippen LogP contribution is -2.68. The number of aromatic nitrogens is 3. The second-order valence-corrected chi connectivity index (χ2v) is 9.35. The van der Waals surface area contributed by atoms with Gasteiger partial charge < -0.3 is 19.9 Å². The van der Waals surface area contributed by atoms with Gasteiger partial charge in [-0.05, 0) is 25.2 Å². The van der Waals surface area contributed by atoms with Crippen LogP contribution >= 0.6 is 0 Å². The minimum atomic E-state index is -4.31. The van der Waals surface area contributed by atoms with Gasteiger partial charge in [0.25, 0.3) is 0 Å². The SMILES string of the molecule is O=C1CO[C@H]2CCN(C(=O)N3CC4(CC(Cc5ncn(CC(F)(F)F)n5)C4)C3)C[C@H]2N1. The molecule has 4 aliphatic rings. The van der Waals surface area contributed by atoms with Crippen LogP contribution in [0.1, 0.15) is 25.1 Å². The van der Waals surface area contributed by atoms with E-state index in [1.165, 1.54) is 0 Å². The zero-order chi connectivity index (χ0) is 21.8. The second kappa shape index (κ2) is 7.35. The summed E-state index contributed by atoms with van der Waals surface area (Å²) in [5, 5.41) is 6.83. The first-order valence-corrected chi connectivity index (χ1v) is 10.6. The molecule has 1 aliphatic carbocycles. The van der Waals surface area contributed by atoms with Crippen molar-refractivity contribution in [2.75, 3.05) is 32.8 Å². The van der Waals surface area contributed by atoms with Crippen molar-refractivity contribution in [2.45, 2.75) is 50.6 Å². The predicted octanol–water partition coefficient (Wildman–Crippen LogP) is 0.804. The monoisotopic (exact) mass is 442 g/mol. The first kappa shape index (κ1) is 20.5. The van der Waals surface area contributed by atoms with Crippen molar-refractivity contribution in [1.29, 1.82) is 0 Å². The molecule has 0 radical (unpaired) electrons. The fraction of sp³-hybridized carbons (Fsp3) is 0.789. The Hall–Kier alpha value is -2.37. The van der Waals surface area contributed by atoms with Gasteiger partial charge in [-0.2, -0.15) is 18.3 Å². The number of nitrogens with one attached hydrogen (secondary N) is 1. The Bertz CT molecular complexity index is 860.